The van der Waals surface area contributed by atoms with Crippen molar-refractivity contribution in [2.75, 3.05) is 31.2 Å². The summed E-state index contributed by atoms with van der Waals surface area (Å²) in [7, 11) is 0. The predicted octanol–water partition coefficient (Wildman–Crippen LogP) is 2.33. The van der Waals surface area contributed by atoms with E-state index in [0.717, 1.165) is 18.8 Å². The molecule has 5 nitrogen and oxygen atoms in total. The minimum atomic E-state index is -1.13. The summed E-state index contributed by atoms with van der Waals surface area (Å²) in [5, 5.41) is 20.6. The van der Waals surface area contributed by atoms with Crippen molar-refractivity contribution in [1.29, 1.82) is 0 Å². The number of anilines is 1. The Morgan fingerprint density at radius 2 is 1.41 bits per heavy atom. The van der Waals surface area contributed by atoms with E-state index in [-0.39, 0.29) is 0 Å². The van der Waals surface area contributed by atoms with Crippen LogP contribution in [-0.4, -0.2) is 48.9 Å². The van der Waals surface area contributed by atoms with E-state index in [9.17, 15) is 10.2 Å². The summed E-state index contributed by atoms with van der Waals surface area (Å²) >= 11 is 0. The maximum atomic E-state index is 10.3. The highest BCUT2D eigenvalue weighted by molar-refractivity contribution is 5.47. The first-order chi connectivity index (χ1) is 10.6. The maximum absolute atomic E-state index is 10.3. The molecule has 2 atom stereocenters. The second-order valence-electron chi connectivity index (χ2n) is 4.98. The van der Waals surface area contributed by atoms with Crippen molar-refractivity contribution in [2.24, 2.45) is 0 Å². The van der Waals surface area contributed by atoms with Gasteiger partial charge in [-0.2, -0.15) is 0 Å². The number of rotatable bonds is 10. The third-order valence-electron chi connectivity index (χ3n) is 3.63. The molecule has 22 heavy (non-hydrogen) atoms. The van der Waals surface area contributed by atoms with Crippen molar-refractivity contribution in [1.82, 2.24) is 0 Å². The SMILES string of the molecule is CCOC(OCC)[C@@H](O)[C@H](O)c1ccc(N(CC)CC)cc1. The molecule has 1 aromatic carbocycles. The summed E-state index contributed by atoms with van der Waals surface area (Å²) in [4.78, 5) is 2.22. The van der Waals surface area contributed by atoms with Crippen LogP contribution in [0.25, 0.3) is 0 Å². The number of hydrogen-bond donors (Lipinski definition) is 2. The molecule has 0 saturated heterocycles. The molecule has 0 unspecified atom stereocenters. The van der Waals surface area contributed by atoms with Gasteiger partial charge < -0.3 is 24.6 Å². The molecule has 0 radical (unpaired) electrons. The minimum Gasteiger partial charge on any atom is -0.385 e. The fourth-order valence-electron chi connectivity index (χ4n) is 2.39. The van der Waals surface area contributed by atoms with E-state index in [1.54, 1.807) is 0 Å². The third kappa shape index (κ3) is 4.95. The first kappa shape index (κ1) is 18.9. The molecule has 126 valence electrons. The lowest BCUT2D eigenvalue weighted by Crippen LogP contribution is -2.36. The Kier molecular flexibility index (Phi) is 8.42. The number of hydrogen-bond acceptors (Lipinski definition) is 5. The van der Waals surface area contributed by atoms with Gasteiger partial charge in [-0.15, -0.1) is 0 Å². The fraction of sp³-hybridized carbons (Fsp3) is 0.647. The van der Waals surface area contributed by atoms with Crippen LogP contribution in [0, 0.1) is 0 Å². The van der Waals surface area contributed by atoms with Crippen molar-refractivity contribution >= 4 is 5.69 Å². The van der Waals surface area contributed by atoms with Crippen molar-refractivity contribution in [3.8, 4) is 0 Å². The van der Waals surface area contributed by atoms with Gasteiger partial charge in [0.1, 0.15) is 12.2 Å². The zero-order chi connectivity index (χ0) is 16.5. The highest BCUT2D eigenvalue weighted by atomic mass is 16.7. The number of ether oxygens (including phenoxy) is 2. The zero-order valence-electron chi connectivity index (χ0n) is 14.0. The van der Waals surface area contributed by atoms with Crippen molar-refractivity contribution in [2.45, 2.75) is 46.2 Å². The van der Waals surface area contributed by atoms with Crippen LogP contribution in [-0.2, 0) is 9.47 Å². The van der Waals surface area contributed by atoms with Crippen LogP contribution in [0.2, 0.25) is 0 Å². The van der Waals surface area contributed by atoms with Crippen molar-refractivity contribution < 1.29 is 19.7 Å². The third-order valence-corrected chi connectivity index (χ3v) is 3.63. The van der Waals surface area contributed by atoms with Gasteiger partial charge in [-0.05, 0) is 45.4 Å². The van der Waals surface area contributed by atoms with Gasteiger partial charge in [-0.3, -0.25) is 0 Å². The second kappa shape index (κ2) is 9.79. The Labute approximate surface area is 133 Å². The number of benzene rings is 1. The van der Waals surface area contributed by atoms with E-state index in [0.29, 0.717) is 18.8 Å². The Hall–Kier alpha value is -1.14. The van der Waals surface area contributed by atoms with Crippen LogP contribution < -0.4 is 4.90 Å². The molecular weight excluding hydrogens is 282 g/mol. The number of nitrogens with zero attached hydrogens (tertiary/aromatic N) is 1. The summed E-state index contributed by atoms with van der Waals surface area (Å²) in [6.45, 7) is 10.5. The van der Waals surface area contributed by atoms with Gasteiger partial charge in [0.25, 0.3) is 0 Å². The van der Waals surface area contributed by atoms with E-state index in [1.165, 1.54) is 0 Å². The van der Waals surface area contributed by atoms with Gasteiger partial charge in [-0.1, -0.05) is 12.1 Å². The molecule has 0 aromatic heterocycles. The highest BCUT2D eigenvalue weighted by Crippen LogP contribution is 2.24. The Morgan fingerprint density at radius 3 is 1.82 bits per heavy atom. The monoisotopic (exact) mass is 311 g/mol. The van der Waals surface area contributed by atoms with Crippen LogP contribution in [0.5, 0.6) is 0 Å². The predicted molar refractivity (Wildman–Crippen MR) is 88.0 cm³/mol. The summed E-state index contributed by atoms with van der Waals surface area (Å²) < 4.78 is 10.7. The second-order valence-corrected chi connectivity index (χ2v) is 4.98. The average Bonchev–Trinajstić information content (AvgIpc) is 2.55. The lowest BCUT2D eigenvalue weighted by atomic mass is 10.0. The maximum Gasteiger partial charge on any atom is 0.186 e. The first-order valence-corrected chi connectivity index (χ1v) is 8.03. The topological polar surface area (TPSA) is 62.2 Å². The van der Waals surface area contributed by atoms with Crippen LogP contribution in [0.4, 0.5) is 5.69 Å². The van der Waals surface area contributed by atoms with Gasteiger partial charge in [0, 0.05) is 32.0 Å². The zero-order valence-corrected chi connectivity index (χ0v) is 14.0. The molecule has 0 bridgehead atoms. The number of aliphatic hydroxyl groups is 2. The summed E-state index contributed by atoms with van der Waals surface area (Å²) in [5.74, 6) is 0. The van der Waals surface area contributed by atoms with Crippen molar-refractivity contribution in [3.63, 3.8) is 0 Å². The summed E-state index contributed by atoms with van der Waals surface area (Å²) in [6.07, 6.45) is -3.00. The molecule has 5 heteroatoms. The molecule has 0 aliphatic heterocycles. The van der Waals surface area contributed by atoms with Gasteiger partial charge in [0.05, 0.1) is 0 Å². The highest BCUT2D eigenvalue weighted by Gasteiger charge is 2.28. The van der Waals surface area contributed by atoms with Gasteiger partial charge in [0.15, 0.2) is 6.29 Å². The molecule has 1 rings (SSSR count). The molecule has 0 saturated carbocycles. The fourth-order valence-corrected chi connectivity index (χ4v) is 2.39. The molecular formula is C17H29NO4. The molecule has 0 heterocycles. The quantitative estimate of drug-likeness (QED) is 0.649. The van der Waals surface area contributed by atoms with Crippen LogP contribution in [0.1, 0.15) is 39.4 Å². The Morgan fingerprint density at radius 1 is 0.909 bits per heavy atom. The smallest absolute Gasteiger partial charge is 0.186 e. The summed E-state index contributed by atoms with van der Waals surface area (Å²) in [5.41, 5.74) is 1.74. The first-order valence-electron chi connectivity index (χ1n) is 8.03. The largest absolute Gasteiger partial charge is 0.385 e. The molecule has 1 aromatic rings. The summed E-state index contributed by atoms with van der Waals surface area (Å²) in [6, 6.07) is 7.57. The van der Waals surface area contributed by atoms with E-state index in [2.05, 4.69) is 18.7 Å². The molecule has 0 amide bonds. The van der Waals surface area contributed by atoms with E-state index in [4.69, 9.17) is 9.47 Å². The minimum absolute atomic E-state index is 0.412. The van der Waals surface area contributed by atoms with Crippen LogP contribution >= 0.6 is 0 Å². The Balaban J connectivity index is 2.81. The molecule has 0 aliphatic rings. The molecule has 0 aliphatic carbocycles. The Bertz CT molecular complexity index is 400. The lowest BCUT2D eigenvalue weighted by molar-refractivity contribution is -0.212. The normalized spacial score (nSPS) is 14.1. The number of aliphatic hydroxyl groups excluding tert-OH is 2. The molecule has 0 fully saturated rings. The van der Waals surface area contributed by atoms with Gasteiger partial charge >= 0.3 is 0 Å². The van der Waals surface area contributed by atoms with E-state index >= 15 is 0 Å². The van der Waals surface area contributed by atoms with Crippen LogP contribution in [0.3, 0.4) is 0 Å². The van der Waals surface area contributed by atoms with Crippen molar-refractivity contribution in [3.05, 3.63) is 29.8 Å². The lowest BCUT2D eigenvalue weighted by Gasteiger charge is -2.27. The van der Waals surface area contributed by atoms with E-state index < -0.39 is 18.5 Å². The van der Waals surface area contributed by atoms with Gasteiger partial charge in [-0.25, -0.2) is 0 Å². The molecule has 0 spiro atoms. The van der Waals surface area contributed by atoms with Crippen LogP contribution in [0.15, 0.2) is 24.3 Å². The average molecular weight is 311 g/mol. The molecule has 2 N–H and O–H groups in total. The van der Waals surface area contributed by atoms with Gasteiger partial charge in [0.2, 0.25) is 0 Å². The standard InChI is InChI=1S/C17H29NO4/c1-5-18(6-2)14-11-9-13(10-12-14)15(19)16(20)17(21-7-3)22-8-4/h9-12,15-17,19-20H,5-8H2,1-4H3/t15-,16+/m1/s1. The van der Waals surface area contributed by atoms with E-state index in [1.807, 2.05) is 38.1 Å².